The molecule has 12 heavy (non-hydrogen) atoms. The van der Waals surface area contributed by atoms with E-state index in [1.54, 1.807) is 6.21 Å². The van der Waals surface area contributed by atoms with Gasteiger partial charge in [-0.2, -0.15) is 0 Å². The highest BCUT2D eigenvalue weighted by molar-refractivity contribution is 7.99. The maximum absolute atomic E-state index is 11.6. The zero-order valence-electron chi connectivity index (χ0n) is 7.68. The van der Waals surface area contributed by atoms with Crippen molar-refractivity contribution in [2.75, 3.05) is 0 Å². The summed E-state index contributed by atoms with van der Waals surface area (Å²) in [6, 6.07) is 0. The van der Waals surface area contributed by atoms with Crippen LogP contribution in [0.25, 0.3) is 0 Å². The zero-order chi connectivity index (χ0) is 9.61. The van der Waals surface area contributed by atoms with E-state index in [-0.39, 0.29) is 11.2 Å². The van der Waals surface area contributed by atoms with Crippen molar-refractivity contribution in [3.63, 3.8) is 0 Å². The summed E-state index contributed by atoms with van der Waals surface area (Å²) in [7, 11) is 0. The number of hydrogen-bond donors (Lipinski definition) is 0. The summed E-state index contributed by atoms with van der Waals surface area (Å²) in [5.74, 6) is 0. The predicted octanol–water partition coefficient (Wildman–Crippen LogP) is 3.55. The van der Waals surface area contributed by atoms with Gasteiger partial charge in [0.05, 0.1) is 0 Å². The largest absolute Gasteiger partial charge is 0.239 e. The molecule has 0 atom stereocenters. The van der Waals surface area contributed by atoms with Crippen LogP contribution in [-0.2, 0) is 0 Å². The zero-order valence-corrected chi connectivity index (χ0v) is 8.50. The molecule has 0 saturated carbocycles. The number of nitrogens with zero attached hydrogens (tertiary/aromatic N) is 1. The van der Waals surface area contributed by atoms with Gasteiger partial charge in [0.1, 0.15) is 0 Å². The molecule has 0 N–H and O–H groups in total. The summed E-state index contributed by atoms with van der Waals surface area (Å²) in [6.07, 6.45) is -0.382. The van der Waals surface area contributed by atoms with E-state index < -0.39 is 6.43 Å². The van der Waals surface area contributed by atoms with Crippen LogP contribution in [0.2, 0.25) is 0 Å². The molecule has 0 aromatic carbocycles. The lowest BCUT2D eigenvalue weighted by atomic mass is 10.3. The molecule has 0 unspecified atom stereocenters. The number of hydrogen-bond acceptors (Lipinski definition) is 2. The Morgan fingerprint density at radius 1 is 1.42 bits per heavy atom. The monoisotopic (exact) mass is 195 g/mol. The van der Waals surface area contributed by atoms with E-state index in [0.29, 0.717) is 6.42 Å². The molecule has 0 radical (unpaired) electrons. The Hall–Kier alpha value is -0.120. The van der Waals surface area contributed by atoms with Gasteiger partial charge in [0, 0.05) is 17.4 Å². The maximum Gasteiger partial charge on any atom is 0.239 e. The molecule has 0 aliphatic carbocycles. The van der Waals surface area contributed by atoms with Crippen LogP contribution in [0.5, 0.6) is 0 Å². The summed E-state index contributed by atoms with van der Waals surface area (Å²) in [6.45, 7) is 6.09. The van der Waals surface area contributed by atoms with Crippen LogP contribution in [-0.4, -0.2) is 17.4 Å². The van der Waals surface area contributed by atoms with Crippen LogP contribution < -0.4 is 0 Å². The quantitative estimate of drug-likeness (QED) is 0.493. The van der Waals surface area contributed by atoms with Gasteiger partial charge in [-0.05, 0) is 39.1 Å². The van der Waals surface area contributed by atoms with E-state index in [1.165, 1.54) is 11.9 Å². The van der Waals surface area contributed by atoms with E-state index >= 15 is 0 Å². The second-order valence-corrected chi connectivity index (χ2v) is 5.08. The Morgan fingerprint density at radius 3 is 2.42 bits per heavy atom. The lowest BCUT2D eigenvalue weighted by molar-refractivity contribution is 0.140. The minimum absolute atomic E-state index is 0.0708. The van der Waals surface area contributed by atoms with Crippen LogP contribution in [0.4, 0.5) is 8.78 Å². The topological polar surface area (TPSA) is 12.4 Å². The molecule has 0 fully saturated rings. The highest BCUT2D eigenvalue weighted by Crippen LogP contribution is 2.23. The SMILES string of the molecule is CC(C)(C)SN=CCCC(F)F. The summed E-state index contributed by atoms with van der Waals surface area (Å²) < 4.78 is 27.3. The molecule has 0 aliphatic rings. The molecule has 0 aromatic heterocycles. The Bertz CT molecular complexity index is 140. The average molecular weight is 195 g/mol. The molecule has 0 spiro atoms. The molecule has 4 heteroatoms. The summed E-state index contributed by atoms with van der Waals surface area (Å²) in [5.41, 5.74) is 0. The molecule has 1 nitrogen and oxygen atoms in total. The first-order valence-corrected chi connectivity index (χ1v) is 4.67. The Kier molecular flexibility index (Phi) is 5.46. The van der Waals surface area contributed by atoms with Gasteiger partial charge in [0.25, 0.3) is 0 Å². The Labute approximate surface area is 76.8 Å². The Balaban J connectivity index is 3.38. The van der Waals surface area contributed by atoms with E-state index in [2.05, 4.69) is 4.40 Å². The standard InChI is InChI=1S/C8H15F2NS/c1-8(2,3)12-11-6-4-5-7(9)10/h6-7H,4-5H2,1-3H3. The van der Waals surface area contributed by atoms with Gasteiger partial charge >= 0.3 is 0 Å². The van der Waals surface area contributed by atoms with Gasteiger partial charge in [-0.1, -0.05) is 0 Å². The van der Waals surface area contributed by atoms with Gasteiger partial charge in [-0.25, -0.2) is 13.2 Å². The van der Waals surface area contributed by atoms with E-state index in [9.17, 15) is 8.78 Å². The molecular formula is C8H15F2NS. The number of rotatable bonds is 4. The third-order valence-electron chi connectivity index (χ3n) is 0.915. The molecule has 0 amide bonds. The molecule has 0 bridgehead atoms. The smallest absolute Gasteiger partial charge is 0.228 e. The molecule has 0 aromatic rings. The molecule has 0 aliphatic heterocycles. The first-order chi connectivity index (χ1) is 5.42. The summed E-state index contributed by atoms with van der Waals surface area (Å²) in [4.78, 5) is 0. The highest BCUT2D eigenvalue weighted by atomic mass is 32.2. The second kappa shape index (κ2) is 5.51. The van der Waals surface area contributed by atoms with Crippen LogP contribution >= 0.6 is 11.9 Å². The fraction of sp³-hybridized carbons (Fsp3) is 0.875. The van der Waals surface area contributed by atoms with Crippen molar-refractivity contribution in [3.05, 3.63) is 0 Å². The second-order valence-electron chi connectivity index (χ2n) is 3.46. The van der Waals surface area contributed by atoms with Crippen LogP contribution in [0.15, 0.2) is 4.40 Å². The highest BCUT2D eigenvalue weighted by Gasteiger charge is 2.08. The Morgan fingerprint density at radius 2 is 2.00 bits per heavy atom. The predicted molar refractivity (Wildman–Crippen MR) is 51.1 cm³/mol. The van der Waals surface area contributed by atoms with Gasteiger partial charge < -0.3 is 0 Å². The third-order valence-corrected chi connectivity index (χ3v) is 1.72. The fourth-order valence-electron chi connectivity index (χ4n) is 0.449. The lowest BCUT2D eigenvalue weighted by Gasteiger charge is -2.11. The van der Waals surface area contributed by atoms with Crippen molar-refractivity contribution < 1.29 is 8.78 Å². The number of halogens is 2. The van der Waals surface area contributed by atoms with Gasteiger partial charge in [0.2, 0.25) is 6.43 Å². The van der Waals surface area contributed by atoms with Crippen molar-refractivity contribution in [2.24, 2.45) is 4.40 Å². The third kappa shape index (κ3) is 9.88. The lowest BCUT2D eigenvalue weighted by Crippen LogP contribution is -2.04. The number of alkyl halides is 2. The molecule has 0 heterocycles. The van der Waals surface area contributed by atoms with Crippen LogP contribution in [0.1, 0.15) is 33.6 Å². The molecule has 0 rings (SSSR count). The minimum atomic E-state index is -2.21. The van der Waals surface area contributed by atoms with E-state index in [4.69, 9.17) is 0 Å². The average Bonchev–Trinajstić information content (AvgIpc) is 1.83. The van der Waals surface area contributed by atoms with E-state index in [1.807, 2.05) is 20.8 Å². The van der Waals surface area contributed by atoms with Crippen molar-refractivity contribution >= 4 is 18.2 Å². The van der Waals surface area contributed by atoms with Gasteiger partial charge in [0.15, 0.2) is 0 Å². The van der Waals surface area contributed by atoms with Crippen LogP contribution in [0.3, 0.4) is 0 Å². The molecule has 72 valence electrons. The van der Waals surface area contributed by atoms with Crippen molar-refractivity contribution in [2.45, 2.75) is 44.8 Å². The molecular weight excluding hydrogens is 180 g/mol. The van der Waals surface area contributed by atoms with Gasteiger partial charge in [-0.15, -0.1) is 0 Å². The first-order valence-electron chi connectivity index (χ1n) is 3.90. The minimum Gasteiger partial charge on any atom is -0.228 e. The van der Waals surface area contributed by atoms with Crippen molar-refractivity contribution in [1.29, 1.82) is 0 Å². The molecule has 0 saturated heterocycles. The maximum atomic E-state index is 11.6. The summed E-state index contributed by atoms with van der Waals surface area (Å²) in [5, 5.41) is 0. The fourth-order valence-corrected chi connectivity index (χ4v) is 0.945. The van der Waals surface area contributed by atoms with E-state index in [0.717, 1.165) is 0 Å². The van der Waals surface area contributed by atoms with Gasteiger partial charge in [-0.3, -0.25) is 0 Å². The first kappa shape index (κ1) is 11.9. The normalized spacial score (nSPS) is 13.2. The van der Waals surface area contributed by atoms with Crippen molar-refractivity contribution in [3.8, 4) is 0 Å². The van der Waals surface area contributed by atoms with Crippen LogP contribution in [0, 0.1) is 0 Å². The summed E-state index contributed by atoms with van der Waals surface area (Å²) >= 11 is 1.41. The van der Waals surface area contributed by atoms with Crippen molar-refractivity contribution in [1.82, 2.24) is 0 Å².